The standard InChI is InChI=1S/C16H9N5O/c17-7-10-5-6-14-18-8-13(21(14)9-10)15-19-12-4-2-1-3-11(12)16(22)20-15/h1-6,8-9H,(H,19,20,22). The lowest BCUT2D eigenvalue weighted by atomic mass is 10.2. The van der Waals surface area contributed by atoms with E-state index in [1.54, 1.807) is 35.0 Å². The summed E-state index contributed by atoms with van der Waals surface area (Å²) in [5.74, 6) is 0.283. The maximum absolute atomic E-state index is 10.1. The number of para-hydroxylation sites is 1. The maximum atomic E-state index is 10.1. The van der Waals surface area contributed by atoms with Crippen molar-refractivity contribution in [1.82, 2.24) is 19.4 Å². The van der Waals surface area contributed by atoms with Crippen LogP contribution in [-0.4, -0.2) is 24.5 Å². The van der Waals surface area contributed by atoms with Crippen LogP contribution in [0.3, 0.4) is 0 Å². The second kappa shape index (κ2) is 4.53. The van der Waals surface area contributed by atoms with E-state index in [-0.39, 0.29) is 5.88 Å². The van der Waals surface area contributed by atoms with Crippen LogP contribution in [0, 0.1) is 11.3 Å². The van der Waals surface area contributed by atoms with Crippen LogP contribution in [-0.2, 0) is 0 Å². The molecule has 6 heteroatoms. The van der Waals surface area contributed by atoms with Gasteiger partial charge in [0.1, 0.15) is 17.4 Å². The molecule has 6 nitrogen and oxygen atoms in total. The number of aromatic nitrogens is 4. The highest BCUT2D eigenvalue weighted by atomic mass is 16.3. The van der Waals surface area contributed by atoms with Gasteiger partial charge in [-0.3, -0.25) is 4.40 Å². The molecular weight excluding hydrogens is 278 g/mol. The number of imidazole rings is 1. The minimum absolute atomic E-state index is 0.0769. The first-order valence-corrected chi connectivity index (χ1v) is 6.59. The van der Waals surface area contributed by atoms with Crippen molar-refractivity contribution in [2.75, 3.05) is 0 Å². The lowest BCUT2D eigenvalue weighted by Gasteiger charge is -2.04. The van der Waals surface area contributed by atoms with Crippen LogP contribution in [0.15, 0.2) is 48.8 Å². The highest BCUT2D eigenvalue weighted by Crippen LogP contribution is 2.25. The zero-order chi connectivity index (χ0) is 15.1. The topological polar surface area (TPSA) is 87.1 Å². The number of nitrogens with zero attached hydrogens (tertiary/aromatic N) is 5. The Morgan fingerprint density at radius 2 is 1.95 bits per heavy atom. The predicted molar refractivity (Wildman–Crippen MR) is 80.1 cm³/mol. The Hall–Kier alpha value is -3.46. The predicted octanol–water partition coefficient (Wildman–Crippen LogP) is 2.52. The van der Waals surface area contributed by atoms with Crippen molar-refractivity contribution in [3.05, 3.63) is 54.4 Å². The van der Waals surface area contributed by atoms with Crippen molar-refractivity contribution >= 4 is 16.6 Å². The van der Waals surface area contributed by atoms with E-state index in [9.17, 15) is 5.11 Å². The van der Waals surface area contributed by atoms with Crippen molar-refractivity contribution < 1.29 is 5.11 Å². The molecule has 0 amide bonds. The number of hydrogen-bond donors (Lipinski definition) is 1. The molecule has 0 bridgehead atoms. The third-order valence-corrected chi connectivity index (χ3v) is 3.45. The van der Waals surface area contributed by atoms with E-state index in [1.165, 1.54) is 0 Å². The monoisotopic (exact) mass is 287 g/mol. The van der Waals surface area contributed by atoms with Gasteiger partial charge in [-0.25, -0.2) is 9.97 Å². The first-order chi connectivity index (χ1) is 10.8. The van der Waals surface area contributed by atoms with Gasteiger partial charge in [0, 0.05) is 6.20 Å². The fraction of sp³-hybridized carbons (Fsp3) is 0. The summed E-state index contributed by atoms with van der Waals surface area (Å²) in [4.78, 5) is 12.9. The fourth-order valence-electron chi connectivity index (χ4n) is 2.39. The molecule has 0 unspecified atom stereocenters. The number of hydrogen-bond acceptors (Lipinski definition) is 5. The summed E-state index contributed by atoms with van der Waals surface area (Å²) in [6.45, 7) is 0. The molecule has 0 saturated carbocycles. The van der Waals surface area contributed by atoms with E-state index in [1.807, 2.05) is 18.2 Å². The Balaban J connectivity index is 2.01. The van der Waals surface area contributed by atoms with E-state index in [4.69, 9.17) is 5.26 Å². The number of pyridine rings is 1. The van der Waals surface area contributed by atoms with Crippen molar-refractivity contribution in [3.8, 4) is 23.5 Å². The van der Waals surface area contributed by atoms with Gasteiger partial charge < -0.3 is 5.11 Å². The van der Waals surface area contributed by atoms with Gasteiger partial charge >= 0.3 is 0 Å². The van der Waals surface area contributed by atoms with E-state index in [2.05, 4.69) is 21.0 Å². The Morgan fingerprint density at radius 3 is 2.82 bits per heavy atom. The molecule has 0 aliphatic carbocycles. The lowest BCUT2D eigenvalue weighted by molar-refractivity contribution is 0.460. The Bertz CT molecular complexity index is 1060. The van der Waals surface area contributed by atoms with Gasteiger partial charge in [-0.05, 0) is 24.3 Å². The summed E-state index contributed by atoms with van der Waals surface area (Å²) in [7, 11) is 0. The molecule has 0 saturated heterocycles. The Kier molecular flexibility index (Phi) is 2.53. The molecule has 0 atom stereocenters. The third-order valence-electron chi connectivity index (χ3n) is 3.45. The van der Waals surface area contributed by atoms with Gasteiger partial charge in [-0.1, -0.05) is 12.1 Å². The van der Waals surface area contributed by atoms with Crippen LogP contribution in [0.2, 0.25) is 0 Å². The van der Waals surface area contributed by atoms with Crippen LogP contribution in [0.25, 0.3) is 28.1 Å². The highest BCUT2D eigenvalue weighted by molar-refractivity contribution is 5.84. The molecule has 3 heterocycles. The molecule has 4 aromatic rings. The largest absolute Gasteiger partial charge is 0.493 e. The van der Waals surface area contributed by atoms with Crippen molar-refractivity contribution in [2.24, 2.45) is 0 Å². The minimum atomic E-state index is -0.0769. The van der Waals surface area contributed by atoms with Crippen molar-refractivity contribution in [3.63, 3.8) is 0 Å². The fourth-order valence-corrected chi connectivity index (χ4v) is 2.39. The SMILES string of the molecule is N#Cc1ccc2ncc(-c3nc(O)c4ccccc4n3)n2c1. The summed E-state index contributed by atoms with van der Waals surface area (Å²) < 4.78 is 1.74. The number of rotatable bonds is 1. The Morgan fingerprint density at radius 1 is 1.09 bits per heavy atom. The van der Waals surface area contributed by atoms with Crippen molar-refractivity contribution in [2.45, 2.75) is 0 Å². The van der Waals surface area contributed by atoms with Gasteiger partial charge in [0.2, 0.25) is 5.88 Å². The minimum Gasteiger partial charge on any atom is -0.493 e. The quantitative estimate of drug-likeness (QED) is 0.581. The normalized spacial score (nSPS) is 10.9. The molecule has 1 N–H and O–H groups in total. The van der Waals surface area contributed by atoms with Crippen LogP contribution in [0.4, 0.5) is 0 Å². The second-order valence-electron chi connectivity index (χ2n) is 4.79. The van der Waals surface area contributed by atoms with E-state index < -0.39 is 0 Å². The lowest BCUT2D eigenvalue weighted by Crippen LogP contribution is -1.95. The molecular formula is C16H9N5O. The zero-order valence-electron chi connectivity index (χ0n) is 11.3. The number of benzene rings is 1. The third kappa shape index (κ3) is 1.77. The zero-order valence-corrected chi connectivity index (χ0v) is 11.3. The molecule has 0 aliphatic rings. The molecule has 104 valence electrons. The molecule has 0 spiro atoms. The summed E-state index contributed by atoms with van der Waals surface area (Å²) in [5.41, 5.74) is 2.46. The van der Waals surface area contributed by atoms with Crippen LogP contribution in [0.1, 0.15) is 5.56 Å². The van der Waals surface area contributed by atoms with Crippen LogP contribution < -0.4 is 0 Å². The first kappa shape index (κ1) is 12.3. The highest BCUT2D eigenvalue weighted by Gasteiger charge is 2.12. The molecule has 4 rings (SSSR count). The van der Waals surface area contributed by atoms with Crippen LogP contribution >= 0.6 is 0 Å². The molecule has 22 heavy (non-hydrogen) atoms. The molecule has 0 fully saturated rings. The number of nitriles is 1. The maximum Gasteiger partial charge on any atom is 0.222 e. The Labute approximate surface area is 124 Å². The van der Waals surface area contributed by atoms with Gasteiger partial charge in [-0.2, -0.15) is 10.2 Å². The van der Waals surface area contributed by atoms with Gasteiger partial charge in [0.05, 0.1) is 22.7 Å². The number of fused-ring (bicyclic) bond motifs is 2. The smallest absolute Gasteiger partial charge is 0.222 e. The van der Waals surface area contributed by atoms with E-state index in [0.717, 1.165) is 0 Å². The van der Waals surface area contributed by atoms with Crippen LogP contribution in [0.5, 0.6) is 5.88 Å². The molecule has 0 radical (unpaired) electrons. The molecule has 3 aromatic heterocycles. The number of aromatic hydroxyl groups is 1. The molecule has 0 aliphatic heterocycles. The second-order valence-corrected chi connectivity index (χ2v) is 4.79. The van der Waals surface area contributed by atoms with E-state index in [0.29, 0.717) is 33.6 Å². The van der Waals surface area contributed by atoms with E-state index >= 15 is 0 Å². The summed E-state index contributed by atoms with van der Waals surface area (Å²) in [6.07, 6.45) is 3.30. The average molecular weight is 287 g/mol. The molecule has 1 aromatic carbocycles. The summed E-state index contributed by atoms with van der Waals surface area (Å²) in [5, 5.41) is 19.7. The summed E-state index contributed by atoms with van der Waals surface area (Å²) in [6, 6.07) is 12.8. The average Bonchev–Trinajstić information content (AvgIpc) is 2.97. The summed E-state index contributed by atoms with van der Waals surface area (Å²) >= 11 is 0. The van der Waals surface area contributed by atoms with Crippen molar-refractivity contribution in [1.29, 1.82) is 5.26 Å². The van der Waals surface area contributed by atoms with Gasteiger partial charge in [-0.15, -0.1) is 0 Å². The first-order valence-electron chi connectivity index (χ1n) is 6.59. The van der Waals surface area contributed by atoms with Gasteiger partial charge in [0.25, 0.3) is 0 Å². The van der Waals surface area contributed by atoms with Gasteiger partial charge in [0.15, 0.2) is 5.82 Å².